The van der Waals surface area contributed by atoms with E-state index >= 15 is 0 Å². The molecule has 0 aliphatic heterocycles. The van der Waals surface area contributed by atoms with Gasteiger partial charge in [0.05, 0.1) is 0 Å². The molecule has 0 rings (SSSR count). The molecule has 4 heteroatoms. The van der Waals surface area contributed by atoms with Crippen molar-refractivity contribution >= 4 is 5.91 Å². The molecule has 1 atom stereocenters. The molecular weight excluding hydrogens is 156 g/mol. The number of aliphatic hydroxyl groups is 1. The Morgan fingerprint density at radius 1 is 1.33 bits per heavy atom. The minimum absolute atomic E-state index is 0.0246. The van der Waals surface area contributed by atoms with Gasteiger partial charge in [0.1, 0.15) is 6.23 Å². The minimum Gasteiger partial charge on any atom is -0.379 e. The zero-order valence-corrected chi connectivity index (χ0v) is 7.92. The molecular formula is C8H18N2O2. The Kier molecular flexibility index (Phi) is 5.66. The summed E-state index contributed by atoms with van der Waals surface area (Å²) in [7, 11) is 0. The first-order chi connectivity index (χ1) is 5.54. The van der Waals surface area contributed by atoms with E-state index < -0.39 is 6.23 Å². The third-order valence-electron chi connectivity index (χ3n) is 1.39. The van der Waals surface area contributed by atoms with Crippen molar-refractivity contribution in [3.8, 4) is 0 Å². The van der Waals surface area contributed by atoms with Crippen LogP contribution in [-0.4, -0.2) is 30.3 Å². The molecule has 72 valence electrons. The number of amides is 1. The van der Waals surface area contributed by atoms with Gasteiger partial charge in [-0.2, -0.15) is 0 Å². The minimum atomic E-state index is -0.513. The Hall–Kier alpha value is -0.610. The lowest BCUT2D eigenvalue weighted by Gasteiger charge is -2.09. The van der Waals surface area contributed by atoms with E-state index in [1.54, 1.807) is 6.92 Å². The van der Waals surface area contributed by atoms with Gasteiger partial charge in [0.15, 0.2) is 0 Å². The first-order valence-electron chi connectivity index (χ1n) is 4.23. The second-order valence-corrected chi connectivity index (χ2v) is 3.08. The van der Waals surface area contributed by atoms with Crippen LogP contribution in [0.3, 0.4) is 0 Å². The molecule has 0 saturated heterocycles. The van der Waals surface area contributed by atoms with Crippen molar-refractivity contribution < 1.29 is 9.90 Å². The van der Waals surface area contributed by atoms with Crippen molar-refractivity contribution in [1.82, 2.24) is 10.6 Å². The van der Waals surface area contributed by atoms with Gasteiger partial charge < -0.3 is 10.4 Å². The largest absolute Gasteiger partial charge is 0.379 e. The maximum atomic E-state index is 11.0. The van der Waals surface area contributed by atoms with Crippen LogP contribution >= 0.6 is 0 Å². The van der Waals surface area contributed by atoms with Crippen LogP contribution in [0.15, 0.2) is 0 Å². The molecule has 1 unspecified atom stereocenters. The van der Waals surface area contributed by atoms with Gasteiger partial charge in [-0.1, -0.05) is 13.8 Å². The lowest BCUT2D eigenvalue weighted by atomic mass is 10.2. The van der Waals surface area contributed by atoms with Gasteiger partial charge in [-0.15, -0.1) is 0 Å². The van der Waals surface area contributed by atoms with Crippen molar-refractivity contribution in [2.45, 2.75) is 27.0 Å². The van der Waals surface area contributed by atoms with Crippen molar-refractivity contribution in [2.24, 2.45) is 5.92 Å². The van der Waals surface area contributed by atoms with E-state index in [2.05, 4.69) is 10.6 Å². The third-order valence-corrected chi connectivity index (χ3v) is 1.39. The van der Waals surface area contributed by atoms with E-state index in [1.807, 2.05) is 13.8 Å². The molecule has 12 heavy (non-hydrogen) atoms. The number of carbonyl (C=O) groups is 1. The van der Waals surface area contributed by atoms with E-state index in [0.29, 0.717) is 13.1 Å². The SMILES string of the molecule is CC(O)NCCNC(=O)C(C)C. The Bertz CT molecular complexity index is 135. The van der Waals surface area contributed by atoms with Gasteiger partial charge in [0.2, 0.25) is 5.91 Å². The molecule has 0 bridgehead atoms. The topological polar surface area (TPSA) is 61.4 Å². The summed E-state index contributed by atoms with van der Waals surface area (Å²) >= 11 is 0. The molecule has 0 fully saturated rings. The van der Waals surface area contributed by atoms with Crippen molar-refractivity contribution in [2.75, 3.05) is 13.1 Å². The molecule has 0 aromatic carbocycles. The predicted octanol–water partition coefficient (Wildman–Crippen LogP) is -0.314. The number of aliphatic hydroxyl groups excluding tert-OH is 1. The average Bonchev–Trinajstić information content (AvgIpc) is 1.97. The second kappa shape index (κ2) is 5.97. The smallest absolute Gasteiger partial charge is 0.222 e. The lowest BCUT2D eigenvalue weighted by molar-refractivity contribution is -0.123. The van der Waals surface area contributed by atoms with Gasteiger partial charge in [-0.25, -0.2) is 0 Å². The third kappa shape index (κ3) is 6.12. The fraction of sp³-hybridized carbons (Fsp3) is 0.875. The van der Waals surface area contributed by atoms with Gasteiger partial charge >= 0.3 is 0 Å². The molecule has 0 aliphatic rings. The zero-order valence-electron chi connectivity index (χ0n) is 7.92. The molecule has 0 aromatic heterocycles. The summed E-state index contributed by atoms with van der Waals surface area (Å²) in [6.07, 6.45) is -0.513. The molecule has 0 saturated carbocycles. The van der Waals surface area contributed by atoms with Crippen LogP contribution < -0.4 is 10.6 Å². The zero-order chi connectivity index (χ0) is 9.56. The maximum absolute atomic E-state index is 11.0. The molecule has 0 spiro atoms. The van der Waals surface area contributed by atoms with Crippen LogP contribution in [0.25, 0.3) is 0 Å². The monoisotopic (exact) mass is 174 g/mol. The Morgan fingerprint density at radius 2 is 1.92 bits per heavy atom. The van der Waals surface area contributed by atoms with Gasteiger partial charge in [-0.3, -0.25) is 10.1 Å². The van der Waals surface area contributed by atoms with E-state index in [0.717, 1.165) is 0 Å². The molecule has 1 amide bonds. The molecule has 3 N–H and O–H groups in total. The number of rotatable bonds is 5. The summed E-state index contributed by atoms with van der Waals surface area (Å²) in [5.41, 5.74) is 0. The summed E-state index contributed by atoms with van der Waals surface area (Å²) in [4.78, 5) is 11.0. The summed E-state index contributed by atoms with van der Waals surface area (Å²) in [5, 5.41) is 14.3. The highest BCUT2D eigenvalue weighted by Crippen LogP contribution is 1.88. The fourth-order valence-corrected chi connectivity index (χ4v) is 0.671. The van der Waals surface area contributed by atoms with E-state index in [1.165, 1.54) is 0 Å². The van der Waals surface area contributed by atoms with Gasteiger partial charge in [-0.05, 0) is 6.92 Å². The fourth-order valence-electron chi connectivity index (χ4n) is 0.671. The molecule has 0 aliphatic carbocycles. The number of hydrogen-bond acceptors (Lipinski definition) is 3. The van der Waals surface area contributed by atoms with Crippen molar-refractivity contribution in [1.29, 1.82) is 0 Å². The number of hydrogen-bond donors (Lipinski definition) is 3. The van der Waals surface area contributed by atoms with Crippen LogP contribution in [-0.2, 0) is 4.79 Å². The normalized spacial score (nSPS) is 13.1. The standard InChI is InChI=1S/C8H18N2O2/c1-6(2)8(12)10-5-4-9-7(3)11/h6-7,9,11H,4-5H2,1-3H3,(H,10,12). The Balaban J connectivity index is 3.26. The Labute approximate surface area is 73.3 Å². The average molecular weight is 174 g/mol. The maximum Gasteiger partial charge on any atom is 0.222 e. The van der Waals surface area contributed by atoms with Crippen LogP contribution in [0, 0.1) is 5.92 Å². The molecule has 0 aromatic rings. The van der Waals surface area contributed by atoms with Crippen LogP contribution in [0.4, 0.5) is 0 Å². The molecule has 0 heterocycles. The summed E-state index contributed by atoms with van der Waals surface area (Å²) in [5.74, 6) is 0.0685. The highest BCUT2D eigenvalue weighted by molar-refractivity contribution is 5.77. The number of nitrogens with one attached hydrogen (secondary N) is 2. The van der Waals surface area contributed by atoms with Crippen molar-refractivity contribution in [3.05, 3.63) is 0 Å². The van der Waals surface area contributed by atoms with Gasteiger partial charge in [0, 0.05) is 19.0 Å². The van der Waals surface area contributed by atoms with E-state index in [4.69, 9.17) is 5.11 Å². The first kappa shape index (κ1) is 11.4. The van der Waals surface area contributed by atoms with Crippen LogP contribution in [0.2, 0.25) is 0 Å². The van der Waals surface area contributed by atoms with Crippen LogP contribution in [0.5, 0.6) is 0 Å². The summed E-state index contributed by atoms with van der Waals surface area (Å²) in [6, 6.07) is 0. The number of carbonyl (C=O) groups excluding carboxylic acids is 1. The van der Waals surface area contributed by atoms with Gasteiger partial charge in [0.25, 0.3) is 0 Å². The molecule has 0 radical (unpaired) electrons. The molecule has 4 nitrogen and oxygen atoms in total. The lowest BCUT2D eigenvalue weighted by Crippen LogP contribution is -2.37. The highest BCUT2D eigenvalue weighted by atomic mass is 16.3. The van der Waals surface area contributed by atoms with E-state index in [9.17, 15) is 4.79 Å². The first-order valence-corrected chi connectivity index (χ1v) is 4.23. The Morgan fingerprint density at radius 3 is 2.33 bits per heavy atom. The quantitative estimate of drug-likeness (QED) is 0.395. The summed E-state index contributed by atoms with van der Waals surface area (Å²) < 4.78 is 0. The van der Waals surface area contributed by atoms with Crippen molar-refractivity contribution in [3.63, 3.8) is 0 Å². The van der Waals surface area contributed by atoms with Crippen LogP contribution in [0.1, 0.15) is 20.8 Å². The second-order valence-electron chi connectivity index (χ2n) is 3.08. The predicted molar refractivity (Wildman–Crippen MR) is 47.5 cm³/mol. The van der Waals surface area contributed by atoms with E-state index in [-0.39, 0.29) is 11.8 Å². The highest BCUT2D eigenvalue weighted by Gasteiger charge is 2.04. The summed E-state index contributed by atoms with van der Waals surface area (Å²) in [6.45, 7) is 6.48.